The molecular formula is C10H16N2O. The van der Waals surface area contributed by atoms with E-state index in [1.54, 1.807) is 24.0 Å². The topological polar surface area (TPSA) is 34.9 Å². The van der Waals surface area contributed by atoms with Crippen molar-refractivity contribution >= 4 is 5.78 Å². The summed E-state index contributed by atoms with van der Waals surface area (Å²) < 4.78 is 1.63. The fourth-order valence-corrected chi connectivity index (χ4v) is 1.43. The first-order valence-corrected chi connectivity index (χ1v) is 4.69. The maximum Gasteiger partial charge on any atom is 0.183 e. The van der Waals surface area contributed by atoms with E-state index in [0.717, 1.165) is 12.8 Å². The van der Waals surface area contributed by atoms with Gasteiger partial charge in [0.25, 0.3) is 0 Å². The number of Topliss-reactive ketones (excluding diaryl/α,β-unsaturated/α-hetero) is 1. The molecule has 1 atom stereocenters. The summed E-state index contributed by atoms with van der Waals surface area (Å²) in [5.41, 5.74) is 0.709. The van der Waals surface area contributed by atoms with Crippen LogP contribution in [0.1, 0.15) is 37.2 Å². The van der Waals surface area contributed by atoms with Crippen LogP contribution < -0.4 is 0 Å². The highest BCUT2D eigenvalue weighted by Gasteiger charge is 2.16. The van der Waals surface area contributed by atoms with E-state index in [2.05, 4.69) is 12.0 Å². The zero-order valence-electron chi connectivity index (χ0n) is 8.45. The van der Waals surface area contributed by atoms with E-state index in [1.165, 1.54) is 0 Å². The summed E-state index contributed by atoms with van der Waals surface area (Å²) >= 11 is 0. The molecule has 0 N–H and O–H groups in total. The van der Waals surface area contributed by atoms with Crippen molar-refractivity contribution in [1.29, 1.82) is 0 Å². The van der Waals surface area contributed by atoms with Gasteiger partial charge in [-0.2, -0.15) is 5.10 Å². The van der Waals surface area contributed by atoms with Gasteiger partial charge in [0.05, 0.1) is 0 Å². The molecule has 0 saturated carbocycles. The monoisotopic (exact) mass is 180 g/mol. The maximum absolute atomic E-state index is 11.8. The van der Waals surface area contributed by atoms with Gasteiger partial charge in [-0.25, -0.2) is 0 Å². The Balaban J connectivity index is 2.73. The number of hydrogen-bond donors (Lipinski definition) is 0. The number of rotatable bonds is 4. The molecule has 0 bridgehead atoms. The Morgan fingerprint density at radius 3 is 2.85 bits per heavy atom. The second-order valence-corrected chi connectivity index (χ2v) is 3.39. The lowest BCUT2D eigenvalue weighted by Crippen LogP contribution is -2.15. The van der Waals surface area contributed by atoms with Crippen molar-refractivity contribution in [2.75, 3.05) is 0 Å². The van der Waals surface area contributed by atoms with E-state index < -0.39 is 0 Å². The zero-order valence-corrected chi connectivity index (χ0v) is 8.45. The van der Waals surface area contributed by atoms with Crippen molar-refractivity contribution in [2.24, 2.45) is 13.0 Å². The number of aryl methyl sites for hydroxylation is 1. The molecule has 72 valence electrons. The lowest BCUT2D eigenvalue weighted by molar-refractivity contribution is 0.0914. The standard InChI is InChI=1S/C10H16N2O/c1-4-5-8(2)10(13)9-6-7-11-12(9)3/h6-8H,4-5H2,1-3H3. The van der Waals surface area contributed by atoms with Gasteiger partial charge in [0.2, 0.25) is 0 Å². The minimum Gasteiger partial charge on any atom is -0.292 e. The summed E-state index contributed by atoms with van der Waals surface area (Å²) in [6.07, 6.45) is 3.65. The van der Waals surface area contributed by atoms with Gasteiger partial charge >= 0.3 is 0 Å². The van der Waals surface area contributed by atoms with Gasteiger partial charge in [0, 0.05) is 19.2 Å². The number of carbonyl (C=O) groups is 1. The van der Waals surface area contributed by atoms with Crippen molar-refractivity contribution in [3.05, 3.63) is 18.0 Å². The van der Waals surface area contributed by atoms with Gasteiger partial charge in [-0.3, -0.25) is 9.48 Å². The zero-order chi connectivity index (χ0) is 9.84. The van der Waals surface area contributed by atoms with Crippen LogP contribution in [0.4, 0.5) is 0 Å². The van der Waals surface area contributed by atoms with Crippen LogP contribution in [-0.2, 0) is 7.05 Å². The van der Waals surface area contributed by atoms with Gasteiger partial charge in [-0.1, -0.05) is 20.3 Å². The van der Waals surface area contributed by atoms with E-state index >= 15 is 0 Å². The van der Waals surface area contributed by atoms with E-state index in [0.29, 0.717) is 5.69 Å². The molecule has 1 unspecified atom stereocenters. The molecule has 0 aliphatic rings. The van der Waals surface area contributed by atoms with E-state index in [4.69, 9.17) is 0 Å². The van der Waals surface area contributed by atoms with Crippen LogP contribution in [-0.4, -0.2) is 15.6 Å². The highest BCUT2D eigenvalue weighted by molar-refractivity contribution is 5.95. The van der Waals surface area contributed by atoms with Crippen LogP contribution >= 0.6 is 0 Å². The van der Waals surface area contributed by atoms with Crippen LogP contribution in [0, 0.1) is 5.92 Å². The molecule has 1 heterocycles. The molecule has 13 heavy (non-hydrogen) atoms. The largest absolute Gasteiger partial charge is 0.292 e. The van der Waals surface area contributed by atoms with Crippen LogP contribution in [0.3, 0.4) is 0 Å². The number of aromatic nitrogens is 2. The quantitative estimate of drug-likeness (QED) is 0.664. The molecule has 1 rings (SSSR count). The molecule has 3 nitrogen and oxygen atoms in total. The number of carbonyl (C=O) groups excluding carboxylic acids is 1. The normalized spacial score (nSPS) is 12.8. The van der Waals surface area contributed by atoms with E-state index in [1.807, 2.05) is 6.92 Å². The SMILES string of the molecule is CCCC(C)C(=O)c1ccnn1C. The average molecular weight is 180 g/mol. The molecule has 0 aliphatic heterocycles. The first-order chi connectivity index (χ1) is 6.16. The summed E-state index contributed by atoms with van der Waals surface area (Å²) in [6, 6.07) is 1.77. The Morgan fingerprint density at radius 2 is 2.38 bits per heavy atom. The molecule has 0 spiro atoms. The molecule has 1 aromatic rings. The van der Waals surface area contributed by atoms with Gasteiger partial charge in [-0.05, 0) is 12.5 Å². The number of ketones is 1. The Morgan fingerprint density at radius 1 is 1.69 bits per heavy atom. The molecular weight excluding hydrogens is 164 g/mol. The van der Waals surface area contributed by atoms with Crippen LogP contribution in [0.2, 0.25) is 0 Å². The Kier molecular flexibility index (Phi) is 3.23. The minimum atomic E-state index is 0.111. The summed E-state index contributed by atoms with van der Waals surface area (Å²) in [7, 11) is 1.80. The third-order valence-corrected chi connectivity index (χ3v) is 2.24. The second-order valence-electron chi connectivity index (χ2n) is 3.39. The summed E-state index contributed by atoms with van der Waals surface area (Å²) in [5, 5.41) is 3.98. The second kappa shape index (κ2) is 4.21. The first kappa shape index (κ1) is 9.96. The van der Waals surface area contributed by atoms with Crippen molar-refractivity contribution in [1.82, 2.24) is 9.78 Å². The third kappa shape index (κ3) is 2.17. The van der Waals surface area contributed by atoms with Crippen molar-refractivity contribution < 1.29 is 4.79 Å². The number of hydrogen-bond acceptors (Lipinski definition) is 2. The van der Waals surface area contributed by atoms with Crippen molar-refractivity contribution in [3.63, 3.8) is 0 Å². The van der Waals surface area contributed by atoms with Crippen LogP contribution in [0.15, 0.2) is 12.3 Å². The molecule has 0 saturated heterocycles. The highest BCUT2D eigenvalue weighted by Crippen LogP contribution is 2.12. The highest BCUT2D eigenvalue weighted by atomic mass is 16.1. The summed E-state index contributed by atoms with van der Waals surface area (Å²) in [5.74, 6) is 0.308. The predicted molar refractivity (Wildman–Crippen MR) is 51.6 cm³/mol. The predicted octanol–water partition coefficient (Wildman–Crippen LogP) is 2.04. The van der Waals surface area contributed by atoms with Gasteiger partial charge in [-0.15, -0.1) is 0 Å². The summed E-state index contributed by atoms with van der Waals surface area (Å²) in [4.78, 5) is 11.8. The Hall–Kier alpha value is -1.12. The smallest absolute Gasteiger partial charge is 0.183 e. The molecule has 1 aromatic heterocycles. The van der Waals surface area contributed by atoms with Crippen molar-refractivity contribution in [2.45, 2.75) is 26.7 Å². The maximum atomic E-state index is 11.8. The van der Waals surface area contributed by atoms with E-state index in [-0.39, 0.29) is 11.7 Å². The third-order valence-electron chi connectivity index (χ3n) is 2.24. The molecule has 0 aliphatic carbocycles. The molecule has 0 amide bonds. The molecule has 0 fully saturated rings. The Bertz CT molecular complexity index is 291. The Labute approximate surface area is 78.8 Å². The lowest BCUT2D eigenvalue weighted by atomic mass is 9.99. The first-order valence-electron chi connectivity index (χ1n) is 4.69. The molecule has 3 heteroatoms. The molecule has 0 radical (unpaired) electrons. The minimum absolute atomic E-state index is 0.111. The summed E-state index contributed by atoms with van der Waals surface area (Å²) in [6.45, 7) is 4.06. The molecule has 0 aromatic carbocycles. The average Bonchev–Trinajstić information content (AvgIpc) is 2.50. The lowest BCUT2D eigenvalue weighted by Gasteiger charge is -2.08. The van der Waals surface area contributed by atoms with Crippen LogP contribution in [0.25, 0.3) is 0 Å². The van der Waals surface area contributed by atoms with Crippen molar-refractivity contribution in [3.8, 4) is 0 Å². The van der Waals surface area contributed by atoms with E-state index in [9.17, 15) is 4.79 Å². The fourth-order valence-electron chi connectivity index (χ4n) is 1.43. The van der Waals surface area contributed by atoms with Crippen LogP contribution in [0.5, 0.6) is 0 Å². The number of nitrogens with zero attached hydrogens (tertiary/aromatic N) is 2. The fraction of sp³-hybridized carbons (Fsp3) is 0.600. The van der Waals surface area contributed by atoms with Gasteiger partial charge in [0.15, 0.2) is 5.78 Å². The van der Waals surface area contributed by atoms with Gasteiger partial charge < -0.3 is 0 Å². The van der Waals surface area contributed by atoms with Gasteiger partial charge in [0.1, 0.15) is 5.69 Å².